The van der Waals surface area contributed by atoms with Gasteiger partial charge in [0.15, 0.2) is 12.4 Å². The van der Waals surface area contributed by atoms with Gasteiger partial charge in [0.1, 0.15) is 24.4 Å². The van der Waals surface area contributed by atoms with E-state index in [0.717, 1.165) is 64.2 Å². The van der Waals surface area contributed by atoms with Crippen LogP contribution in [0.15, 0.2) is 36.5 Å². The van der Waals surface area contributed by atoms with Crippen molar-refractivity contribution >= 4 is 11.9 Å². The van der Waals surface area contributed by atoms with Gasteiger partial charge in [-0.05, 0) is 57.8 Å². The molecule has 1 saturated heterocycles. The van der Waals surface area contributed by atoms with Crippen LogP contribution in [-0.2, 0) is 23.8 Å². The molecule has 1 heterocycles. The fraction of sp³-hybridized carbons (Fsp3) is 0.881. The van der Waals surface area contributed by atoms with Crippen LogP contribution in [0.25, 0.3) is 0 Å². The number of ether oxygens (including phenoxy) is 3. The van der Waals surface area contributed by atoms with Crippen LogP contribution in [0.3, 0.4) is 0 Å². The van der Waals surface area contributed by atoms with Gasteiger partial charge in [0, 0.05) is 6.42 Å². The van der Waals surface area contributed by atoms with Gasteiger partial charge < -0.3 is 45.1 Å². The Kier molecular flexibility index (Phi) is 52.5. The highest BCUT2D eigenvalue weighted by Gasteiger charge is 2.47. The molecule has 6 N–H and O–H groups in total. The summed E-state index contributed by atoms with van der Waals surface area (Å²) in [6.07, 6.45) is 56.1. The molecule has 0 radical (unpaired) electrons. The molecule has 0 aromatic rings. The van der Waals surface area contributed by atoms with Crippen LogP contribution < -0.4 is 5.32 Å². The summed E-state index contributed by atoms with van der Waals surface area (Å²) in [4.78, 5) is 26.6. The second kappa shape index (κ2) is 55.4. The summed E-state index contributed by atoms with van der Waals surface area (Å²) in [5, 5.41) is 57.1. The van der Waals surface area contributed by atoms with Crippen LogP contribution in [0, 0.1) is 0 Å². The summed E-state index contributed by atoms with van der Waals surface area (Å²) < 4.78 is 17.7. The summed E-state index contributed by atoms with van der Waals surface area (Å²) in [7, 11) is 0. The maximum Gasteiger partial charge on any atom is 0.306 e. The first-order chi connectivity index (χ1) is 38.2. The molecule has 0 bridgehead atoms. The number of amides is 1. The van der Waals surface area contributed by atoms with E-state index in [4.69, 9.17) is 14.2 Å². The lowest BCUT2D eigenvalue weighted by Gasteiger charge is -2.41. The van der Waals surface area contributed by atoms with E-state index in [2.05, 4.69) is 50.4 Å². The Morgan fingerprint density at radius 1 is 0.500 bits per heavy atom. The van der Waals surface area contributed by atoms with Crippen molar-refractivity contribution in [1.29, 1.82) is 0 Å². The number of aliphatic hydroxyl groups excluding tert-OH is 5. The zero-order chi connectivity index (χ0) is 56.8. The van der Waals surface area contributed by atoms with Gasteiger partial charge in [-0.15, -0.1) is 0 Å². The molecule has 1 aliphatic heterocycles. The minimum atomic E-state index is -1.61. The minimum absolute atomic E-state index is 0.129. The van der Waals surface area contributed by atoms with E-state index >= 15 is 0 Å². The first-order valence-corrected chi connectivity index (χ1v) is 33.3. The van der Waals surface area contributed by atoms with Gasteiger partial charge in [-0.25, -0.2) is 0 Å². The number of hydrogen-bond acceptors (Lipinski definition) is 10. The fourth-order valence-electron chi connectivity index (χ4n) is 10.5. The van der Waals surface area contributed by atoms with Crippen molar-refractivity contribution < 1.29 is 49.3 Å². The highest BCUT2D eigenvalue weighted by molar-refractivity contribution is 5.80. The van der Waals surface area contributed by atoms with E-state index < -0.39 is 67.4 Å². The number of allylic oxidation sites excluding steroid dienone is 5. The molecule has 0 spiro atoms. The molecule has 1 fully saturated rings. The third kappa shape index (κ3) is 42.7. The summed E-state index contributed by atoms with van der Waals surface area (Å²) in [6.45, 7) is 5.80. The molecule has 78 heavy (non-hydrogen) atoms. The zero-order valence-electron chi connectivity index (χ0n) is 50.8. The number of hydrogen-bond donors (Lipinski definition) is 6. The zero-order valence-corrected chi connectivity index (χ0v) is 50.8. The van der Waals surface area contributed by atoms with Gasteiger partial charge in [-0.3, -0.25) is 9.59 Å². The molecule has 1 aliphatic rings. The predicted molar refractivity (Wildman–Crippen MR) is 324 cm³/mol. The van der Waals surface area contributed by atoms with E-state index in [1.165, 1.54) is 205 Å². The van der Waals surface area contributed by atoms with Gasteiger partial charge >= 0.3 is 5.97 Å². The average Bonchev–Trinajstić information content (AvgIpc) is 3.44. The highest BCUT2D eigenvalue weighted by Crippen LogP contribution is 2.26. The standard InChI is InChI=1S/C67H125NO10/c1-4-7-10-13-16-19-22-25-27-28-29-30-31-32-33-35-36-39-42-45-48-51-54-60(71)66(75)68-58(59(70)53-50-47-44-41-38-24-21-18-15-12-9-6-3)57-76-67-65(64(74)63(73)61(56-69)77-67)78-62(72)55-52-49-46-43-40-37-34-26-23-20-17-14-11-8-5-2/h16,19,25,27,50,53,58-61,63-65,67,69-71,73-74H,4-15,17-18,20-24,26,28-49,51-52,54-57H2,1-3H3,(H,68,75)/b19-16-,27-25-,53-50+. The summed E-state index contributed by atoms with van der Waals surface area (Å²) in [6, 6.07) is -1.02. The van der Waals surface area contributed by atoms with Crippen LogP contribution in [0.5, 0.6) is 0 Å². The molecule has 0 aliphatic carbocycles. The Hall–Kier alpha value is -2.12. The summed E-state index contributed by atoms with van der Waals surface area (Å²) >= 11 is 0. The predicted octanol–water partition coefficient (Wildman–Crippen LogP) is 16.2. The molecule has 11 nitrogen and oxygen atoms in total. The molecule has 0 aromatic heterocycles. The third-order valence-electron chi connectivity index (χ3n) is 15.8. The molecule has 458 valence electrons. The molecule has 1 amide bonds. The van der Waals surface area contributed by atoms with Crippen molar-refractivity contribution in [3.8, 4) is 0 Å². The number of esters is 1. The van der Waals surface area contributed by atoms with Crippen LogP contribution in [0.1, 0.15) is 316 Å². The molecule has 0 saturated carbocycles. The van der Waals surface area contributed by atoms with E-state index in [9.17, 15) is 35.1 Å². The average molecular weight is 1100 g/mol. The largest absolute Gasteiger partial charge is 0.454 e. The normalized spacial score (nSPS) is 19.1. The maximum atomic E-state index is 13.5. The van der Waals surface area contributed by atoms with Crippen LogP contribution in [-0.4, -0.2) is 99.6 Å². The first kappa shape index (κ1) is 73.9. The molecule has 1 rings (SSSR count). The lowest BCUT2D eigenvalue weighted by atomic mass is 9.99. The smallest absolute Gasteiger partial charge is 0.306 e. The number of unbranched alkanes of at least 4 members (excludes halogenated alkanes) is 39. The van der Waals surface area contributed by atoms with Crippen LogP contribution in [0.4, 0.5) is 0 Å². The Morgan fingerprint density at radius 2 is 0.885 bits per heavy atom. The van der Waals surface area contributed by atoms with Crippen molar-refractivity contribution in [2.24, 2.45) is 0 Å². The highest BCUT2D eigenvalue weighted by atomic mass is 16.7. The molecule has 8 atom stereocenters. The van der Waals surface area contributed by atoms with E-state index in [-0.39, 0.29) is 13.0 Å². The van der Waals surface area contributed by atoms with E-state index in [1.807, 2.05) is 6.08 Å². The second-order valence-electron chi connectivity index (χ2n) is 23.2. The monoisotopic (exact) mass is 1100 g/mol. The summed E-state index contributed by atoms with van der Waals surface area (Å²) in [5.41, 5.74) is 0. The van der Waals surface area contributed by atoms with E-state index in [1.54, 1.807) is 6.08 Å². The lowest BCUT2D eigenvalue weighted by Crippen LogP contribution is -2.61. The minimum Gasteiger partial charge on any atom is -0.454 e. The van der Waals surface area contributed by atoms with Gasteiger partial charge in [-0.1, -0.05) is 288 Å². The topological polar surface area (TPSA) is 175 Å². The van der Waals surface area contributed by atoms with Crippen molar-refractivity contribution in [3.05, 3.63) is 36.5 Å². The van der Waals surface area contributed by atoms with Crippen LogP contribution >= 0.6 is 0 Å². The molecular weight excluding hydrogens is 979 g/mol. The van der Waals surface area contributed by atoms with E-state index in [0.29, 0.717) is 19.3 Å². The van der Waals surface area contributed by atoms with Gasteiger partial charge in [0.05, 0.1) is 25.4 Å². The Labute approximate surface area is 479 Å². The number of nitrogens with one attached hydrogen (secondary N) is 1. The fourth-order valence-corrected chi connectivity index (χ4v) is 10.5. The quantitative estimate of drug-likeness (QED) is 0.0195. The second-order valence-corrected chi connectivity index (χ2v) is 23.2. The first-order valence-electron chi connectivity index (χ1n) is 33.3. The third-order valence-corrected chi connectivity index (χ3v) is 15.8. The SMILES string of the molecule is CCCCC/C=C\C/C=C\CCCCCCCCCCCCCCC(O)C(=O)NC(COC1OC(CO)C(O)C(O)C1OC(=O)CCCCCCCCCCCCCCCCC)C(O)/C=C/CCCCCCCCCCCC. The van der Waals surface area contributed by atoms with Gasteiger partial charge in [-0.2, -0.15) is 0 Å². The van der Waals surface area contributed by atoms with Crippen molar-refractivity contribution in [3.63, 3.8) is 0 Å². The van der Waals surface area contributed by atoms with Crippen molar-refractivity contribution in [2.45, 2.75) is 365 Å². The lowest BCUT2D eigenvalue weighted by molar-refractivity contribution is -0.305. The Balaban J connectivity index is 2.61. The number of carbonyl (C=O) groups is 2. The number of rotatable bonds is 57. The Bertz CT molecular complexity index is 1410. The summed E-state index contributed by atoms with van der Waals surface area (Å²) in [5.74, 6) is -1.18. The molecular formula is C67H125NO10. The Morgan fingerprint density at radius 3 is 1.33 bits per heavy atom. The van der Waals surface area contributed by atoms with Crippen LogP contribution in [0.2, 0.25) is 0 Å². The van der Waals surface area contributed by atoms with Crippen molar-refractivity contribution in [1.82, 2.24) is 5.32 Å². The number of carbonyl (C=O) groups excluding carboxylic acids is 2. The molecule has 0 aromatic carbocycles. The van der Waals surface area contributed by atoms with Gasteiger partial charge in [0.2, 0.25) is 5.91 Å². The van der Waals surface area contributed by atoms with Crippen molar-refractivity contribution in [2.75, 3.05) is 13.2 Å². The molecule has 8 unspecified atom stereocenters. The molecule has 11 heteroatoms. The van der Waals surface area contributed by atoms with Gasteiger partial charge in [0.25, 0.3) is 0 Å². The number of aliphatic hydroxyl groups is 5. The maximum absolute atomic E-state index is 13.5.